The van der Waals surface area contributed by atoms with Gasteiger partial charge in [0.1, 0.15) is 11.5 Å². The van der Waals surface area contributed by atoms with Crippen molar-refractivity contribution >= 4 is 23.4 Å². The maximum Gasteiger partial charge on any atom is 0.237 e. The van der Waals surface area contributed by atoms with Crippen LogP contribution < -0.4 is 16.8 Å². The lowest BCUT2D eigenvalue weighted by Crippen LogP contribution is -2.48. The zero-order valence-corrected chi connectivity index (χ0v) is 18.8. The fourth-order valence-corrected chi connectivity index (χ4v) is 3.29. The average molecular weight is 450 g/mol. The highest BCUT2D eigenvalue weighted by atomic mass is 16.3. The van der Waals surface area contributed by atoms with Gasteiger partial charge in [-0.05, 0) is 37.5 Å². The molecule has 1 aromatic rings. The van der Waals surface area contributed by atoms with Gasteiger partial charge in [0.2, 0.25) is 11.8 Å². The lowest BCUT2D eigenvalue weighted by atomic mass is 9.86. The number of amides is 2. The van der Waals surface area contributed by atoms with E-state index in [9.17, 15) is 29.4 Å². The van der Waals surface area contributed by atoms with Gasteiger partial charge in [-0.1, -0.05) is 31.9 Å². The Kier molecular flexibility index (Phi) is 11.6. The molecule has 0 radical (unpaired) electrons. The van der Waals surface area contributed by atoms with Crippen molar-refractivity contribution < 1.29 is 29.4 Å². The van der Waals surface area contributed by atoms with Crippen LogP contribution in [0.5, 0.6) is 5.75 Å². The van der Waals surface area contributed by atoms with Crippen molar-refractivity contribution in [1.29, 1.82) is 0 Å². The number of aliphatic hydroxyl groups is 1. The van der Waals surface area contributed by atoms with Crippen molar-refractivity contribution in [2.75, 3.05) is 6.61 Å². The van der Waals surface area contributed by atoms with Gasteiger partial charge in [0.05, 0.1) is 24.6 Å². The summed E-state index contributed by atoms with van der Waals surface area (Å²) in [6, 6.07) is 4.60. The molecule has 32 heavy (non-hydrogen) atoms. The Balaban J connectivity index is 2.69. The number of phenols is 1. The van der Waals surface area contributed by atoms with Gasteiger partial charge in [0.25, 0.3) is 0 Å². The first kappa shape index (κ1) is 27.3. The van der Waals surface area contributed by atoms with Gasteiger partial charge in [-0.3, -0.25) is 19.2 Å². The van der Waals surface area contributed by atoms with E-state index >= 15 is 0 Å². The van der Waals surface area contributed by atoms with Crippen molar-refractivity contribution in [3.63, 3.8) is 0 Å². The molecule has 0 unspecified atom stereocenters. The third-order valence-corrected chi connectivity index (χ3v) is 5.45. The fraction of sp³-hybridized carbons (Fsp3) is 0.565. The molecule has 0 fully saturated rings. The van der Waals surface area contributed by atoms with E-state index in [0.29, 0.717) is 6.42 Å². The van der Waals surface area contributed by atoms with Crippen molar-refractivity contribution in [3.05, 3.63) is 29.8 Å². The van der Waals surface area contributed by atoms with Gasteiger partial charge in [0.15, 0.2) is 5.78 Å². The third kappa shape index (κ3) is 9.15. The second kappa shape index (κ2) is 13.6. The van der Waals surface area contributed by atoms with Crippen LogP contribution in [0.2, 0.25) is 0 Å². The number of Topliss-reactive ketones (excluding diaryl/α,β-unsaturated/α-hetero) is 2. The maximum absolute atomic E-state index is 12.7. The molecule has 0 bridgehead atoms. The maximum atomic E-state index is 12.7. The highest BCUT2D eigenvalue weighted by Crippen LogP contribution is 2.20. The van der Waals surface area contributed by atoms with Crippen LogP contribution in [0.15, 0.2) is 24.3 Å². The minimum absolute atomic E-state index is 0.0790. The van der Waals surface area contributed by atoms with Crippen LogP contribution in [-0.4, -0.2) is 52.3 Å². The molecule has 0 saturated carbocycles. The molecule has 7 N–H and O–H groups in total. The summed E-state index contributed by atoms with van der Waals surface area (Å²) in [4.78, 5) is 49.1. The van der Waals surface area contributed by atoms with Gasteiger partial charge in [0, 0.05) is 18.8 Å². The zero-order valence-electron chi connectivity index (χ0n) is 18.8. The van der Waals surface area contributed by atoms with E-state index in [2.05, 4.69) is 5.32 Å². The number of aromatic hydroxyl groups is 1. The highest BCUT2D eigenvalue weighted by molar-refractivity contribution is 5.94. The summed E-state index contributed by atoms with van der Waals surface area (Å²) in [5, 5.41) is 21.2. The van der Waals surface area contributed by atoms with E-state index in [-0.39, 0.29) is 36.6 Å². The molecule has 0 aliphatic heterocycles. The van der Waals surface area contributed by atoms with Crippen LogP contribution in [0.25, 0.3) is 0 Å². The molecular weight excluding hydrogens is 414 g/mol. The Morgan fingerprint density at radius 2 is 1.62 bits per heavy atom. The van der Waals surface area contributed by atoms with Gasteiger partial charge in [-0.2, -0.15) is 0 Å². The van der Waals surface area contributed by atoms with Crippen LogP contribution >= 0.6 is 0 Å². The minimum Gasteiger partial charge on any atom is -0.508 e. The van der Waals surface area contributed by atoms with Crippen LogP contribution in [-0.2, 0) is 25.6 Å². The molecule has 0 aliphatic carbocycles. The van der Waals surface area contributed by atoms with Crippen molar-refractivity contribution in [2.45, 2.75) is 64.5 Å². The number of phenolic OH excluding ortho intramolecular Hbond substituents is 1. The summed E-state index contributed by atoms with van der Waals surface area (Å²) in [5.74, 6) is -3.34. The average Bonchev–Trinajstić information content (AvgIpc) is 2.75. The third-order valence-electron chi connectivity index (χ3n) is 5.45. The lowest BCUT2D eigenvalue weighted by Gasteiger charge is -2.21. The molecule has 1 rings (SSSR count). The first-order valence-corrected chi connectivity index (χ1v) is 10.9. The minimum atomic E-state index is -0.975. The van der Waals surface area contributed by atoms with Gasteiger partial charge in [-0.25, -0.2) is 0 Å². The predicted octanol–water partition coefficient (Wildman–Crippen LogP) is 0.585. The van der Waals surface area contributed by atoms with E-state index in [1.165, 1.54) is 19.1 Å². The molecular formula is C23H35N3O6. The molecule has 0 spiro atoms. The Bertz CT molecular complexity index is 780. The van der Waals surface area contributed by atoms with Crippen molar-refractivity contribution in [2.24, 2.45) is 23.3 Å². The Morgan fingerprint density at radius 3 is 2.16 bits per heavy atom. The molecule has 178 valence electrons. The number of hydrogen-bond acceptors (Lipinski definition) is 7. The van der Waals surface area contributed by atoms with Gasteiger partial charge >= 0.3 is 0 Å². The van der Waals surface area contributed by atoms with E-state index in [4.69, 9.17) is 11.5 Å². The van der Waals surface area contributed by atoms with Crippen molar-refractivity contribution in [1.82, 2.24) is 5.32 Å². The molecule has 0 aliphatic rings. The number of nitrogens with one attached hydrogen (secondary N) is 1. The number of rotatable bonds is 15. The molecule has 1 aromatic carbocycles. The number of benzene rings is 1. The quantitative estimate of drug-likeness (QED) is 0.260. The first-order valence-electron chi connectivity index (χ1n) is 10.9. The topological polar surface area (TPSA) is 173 Å². The van der Waals surface area contributed by atoms with E-state index < -0.39 is 42.3 Å². The monoisotopic (exact) mass is 449 g/mol. The Labute approximate surface area is 188 Å². The summed E-state index contributed by atoms with van der Waals surface area (Å²) in [6.45, 7) is 2.97. The van der Waals surface area contributed by atoms with E-state index in [0.717, 1.165) is 18.4 Å². The number of ketones is 2. The summed E-state index contributed by atoms with van der Waals surface area (Å²) in [6.07, 6.45) is 1.97. The summed E-state index contributed by atoms with van der Waals surface area (Å²) < 4.78 is 0. The second-order valence-electron chi connectivity index (χ2n) is 8.17. The second-order valence-corrected chi connectivity index (χ2v) is 8.17. The predicted molar refractivity (Wildman–Crippen MR) is 119 cm³/mol. The molecule has 0 heterocycles. The number of primary amides is 1. The summed E-state index contributed by atoms with van der Waals surface area (Å²) in [7, 11) is 0. The van der Waals surface area contributed by atoms with Crippen molar-refractivity contribution in [3.8, 4) is 5.75 Å². The van der Waals surface area contributed by atoms with Crippen LogP contribution in [0.4, 0.5) is 0 Å². The summed E-state index contributed by atoms with van der Waals surface area (Å²) in [5.41, 5.74) is 11.9. The lowest BCUT2D eigenvalue weighted by molar-refractivity contribution is -0.133. The summed E-state index contributed by atoms with van der Waals surface area (Å²) >= 11 is 0. The fourth-order valence-electron chi connectivity index (χ4n) is 3.29. The number of hydrogen-bond donors (Lipinski definition) is 5. The first-order chi connectivity index (χ1) is 15.1. The largest absolute Gasteiger partial charge is 0.508 e. The molecule has 0 aromatic heterocycles. The highest BCUT2D eigenvalue weighted by Gasteiger charge is 2.28. The molecule has 4 atom stereocenters. The number of carbonyl (C=O) groups is 4. The van der Waals surface area contributed by atoms with Crippen LogP contribution in [0, 0.1) is 11.8 Å². The molecule has 0 saturated heterocycles. The normalized spacial score (nSPS) is 14.8. The molecule has 9 nitrogen and oxygen atoms in total. The number of aliphatic hydroxyl groups excluding tert-OH is 1. The SMILES string of the molecule is CCCC[C@H](CC(=O)[C@@H](C)NC(=O)[C@@H](N)Cc1ccc(O)cc1)C(=O)C[C@@H](CO)C(N)=O. The molecule has 2 amide bonds. The Morgan fingerprint density at radius 1 is 1.03 bits per heavy atom. The van der Waals surface area contributed by atoms with Gasteiger partial charge < -0.3 is 27.0 Å². The van der Waals surface area contributed by atoms with E-state index in [1.807, 2.05) is 6.92 Å². The standard InChI is InChI=1S/C23H35N3O6/c1-3-4-5-16(21(30)12-17(13-27)22(25)31)11-20(29)14(2)26-23(32)19(24)10-15-6-8-18(28)9-7-15/h6-9,14,16-17,19,27-28H,3-5,10-13,24H2,1-2H3,(H2,25,31)(H,26,32)/t14-,16-,17+,19+/m1/s1. The van der Waals surface area contributed by atoms with E-state index in [1.54, 1.807) is 12.1 Å². The molecule has 9 heteroatoms. The number of unbranched alkanes of at least 4 members (excludes halogenated alkanes) is 1. The number of carbonyl (C=O) groups excluding carboxylic acids is 4. The smallest absolute Gasteiger partial charge is 0.237 e. The van der Waals surface area contributed by atoms with Crippen LogP contribution in [0.1, 0.15) is 51.5 Å². The Hall–Kier alpha value is -2.78. The zero-order chi connectivity index (χ0) is 24.3. The van der Waals surface area contributed by atoms with Gasteiger partial charge in [-0.15, -0.1) is 0 Å². The number of nitrogens with two attached hydrogens (primary N) is 2. The van der Waals surface area contributed by atoms with Crippen LogP contribution in [0.3, 0.4) is 0 Å².